The third-order valence-electron chi connectivity index (χ3n) is 4.13. The highest BCUT2D eigenvalue weighted by atomic mass is 16.5. The van der Waals surface area contributed by atoms with Gasteiger partial charge in [-0.3, -0.25) is 0 Å². The topological polar surface area (TPSA) is 79.3 Å². The molecule has 0 rings (SSSR count). The molecule has 0 aliphatic heterocycles. The lowest BCUT2D eigenvalue weighted by Crippen LogP contribution is -2.41. The molecule has 0 aromatic carbocycles. The Balaban J connectivity index is 4.44. The molecule has 0 aliphatic rings. The third-order valence-corrected chi connectivity index (χ3v) is 4.13. The highest BCUT2D eigenvalue weighted by molar-refractivity contribution is 4.84. The Labute approximate surface area is 130 Å². The first-order valence-corrected chi connectivity index (χ1v) is 8.50. The quantitative estimate of drug-likeness (QED) is 0.547. The predicted octanol–water partition coefficient (Wildman–Crippen LogP) is 3.24. The molecule has 0 bridgehead atoms. The van der Waals surface area contributed by atoms with Crippen LogP contribution in [0.4, 0.5) is 0 Å². The van der Waals surface area contributed by atoms with Crippen molar-refractivity contribution in [3.8, 4) is 6.07 Å². The maximum Gasteiger partial charge on any atom is 0.0751 e. The second-order valence-electron chi connectivity index (χ2n) is 5.99. The summed E-state index contributed by atoms with van der Waals surface area (Å²) in [6.45, 7) is 6.84. The third kappa shape index (κ3) is 9.08. The highest BCUT2D eigenvalue weighted by Gasteiger charge is 2.23. The Hall–Kier alpha value is -0.630. The second-order valence-corrected chi connectivity index (χ2v) is 5.99. The zero-order valence-electron chi connectivity index (χ0n) is 14.1. The average Bonchev–Trinajstić information content (AvgIpc) is 2.51. The minimum absolute atomic E-state index is 0.0652. The average molecular weight is 298 g/mol. The van der Waals surface area contributed by atoms with Crippen molar-refractivity contribution in [2.45, 2.75) is 77.9 Å². The lowest BCUT2D eigenvalue weighted by Gasteiger charge is -2.27. The summed E-state index contributed by atoms with van der Waals surface area (Å²) >= 11 is 0. The molecular formula is C17H34N2O2. The van der Waals surface area contributed by atoms with Gasteiger partial charge in [0.1, 0.15) is 0 Å². The van der Waals surface area contributed by atoms with E-state index < -0.39 is 0 Å². The van der Waals surface area contributed by atoms with E-state index in [4.69, 9.17) is 15.7 Å². The van der Waals surface area contributed by atoms with Gasteiger partial charge < -0.3 is 15.6 Å². The van der Waals surface area contributed by atoms with Gasteiger partial charge in [-0.15, -0.1) is 0 Å². The number of hydrogen-bond acceptors (Lipinski definition) is 4. The van der Waals surface area contributed by atoms with E-state index in [-0.39, 0.29) is 24.7 Å². The fourth-order valence-electron chi connectivity index (χ4n) is 2.58. The van der Waals surface area contributed by atoms with Gasteiger partial charge in [0.25, 0.3) is 0 Å². The largest absolute Gasteiger partial charge is 0.395 e. The standard InChI is InChI=1S/C17H34N2O2/c1-4-7-9-15(11-18)13-21-17(16(19)12-20)10-14(6-3)8-5-2/h14-17,20H,4-10,12-13,19H2,1-3H3. The predicted molar refractivity (Wildman–Crippen MR) is 86.7 cm³/mol. The van der Waals surface area contributed by atoms with Crippen molar-refractivity contribution in [2.75, 3.05) is 13.2 Å². The molecule has 0 aromatic rings. The van der Waals surface area contributed by atoms with Crippen molar-refractivity contribution in [1.82, 2.24) is 0 Å². The Morgan fingerprint density at radius 1 is 1.19 bits per heavy atom. The number of ether oxygens (including phenoxy) is 1. The summed E-state index contributed by atoms with van der Waals surface area (Å²) in [5, 5.41) is 18.5. The Kier molecular flexibility index (Phi) is 12.7. The fraction of sp³-hybridized carbons (Fsp3) is 0.941. The molecule has 0 aliphatic carbocycles. The molecule has 0 fully saturated rings. The molecule has 0 heterocycles. The maximum absolute atomic E-state index is 9.31. The number of aliphatic hydroxyl groups excluding tert-OH is 1. The summed E-state index contributed by atoms with van der Waals surface area (Å²) in [6, 6.07) is 1.95. The van der Waals surface area contributed by atoms with Gasteiger partial charge >= 0.3 is 0 Å². The Bertz CT molecular complexity index is 278. The zero-order chi connectivity index (χ0) is 16.1. The first-order chi connectivity index (χ1) is 10.1. The van der Waals surface area contributed by atoms with Gasteiger partial charge in [-0.05, 0) is 18.8 Å². The first kappa shape index (κ1) is 20.4. The SMILES string of the molecule is CCCCC(C#N)COC(CC(CC)CCC)C(N)CO. The normalized spacial score (nSPS) is 17.0. The Morgan fingerprint density at radius 3 is 2.38 bits per heavy atom. The number of nitrogens with two attached hydrogens (primary N) is 1. The van der Waals surface area contributed by atoms with Crippen molar-refractivity contribution in [3.05, 3.63) is 0 Å². The zero-order valence-corrected chi connectivity index (χ0v) is 14.1. The number of aliphatic hydroxyl groups is 1. The number of hydrogen-bond donors (Lipinski definition) is 2. The number of nitrogens with zero attached hydrogens (tertiary/aromatic N) is 1. The van der Waals surface area contributed by atoms with Gasteiger partial charge in [-0.25, -0.2) is 0 Å². The molecule has 124 valence electrons. The molecule has 0 aromatic heterocycles. The van der Waals surface area contributed by atoms with Crippen LogP contribution in [0.3, 0.4) is 0 Å². The van der Waals surface area contributed by atoms with E-state index in [0.717, 1.165) is 44.9 Å². The summed E-state index contributed by atoms with van der Waals surface area (Å²) in [5.41, 5.74) is 5.99. The monoisotopic (exact) mass is 298 g/mol. The van der Waals surface area contributed by atoms with Gasteiger partial charge in [0.05, 0.1) is 37.3 Å². The summed E-state index contributed by atoms with van der Waals surface area (Å²) in [4.78, 5) is 0. The van der Waals surface area contributed by atoms with Crippen LogP contribution in [-0.2, 0) is 4.74 Å². The van der Waals surface area contributed by atoms with Crippen molar-refractivity contribution in [2.24, 2.45) is 17.6 Å². The lowest BCUT2D eigenvalue weighted by atomic mass is 9.91. The molecule has 0 radical (unpaired) electrons. The fourth-order valence-corrected chi connectivity index (χ4v) is 2.58. The molecular weight excluding hydrogens is 264 g/mol. The minimum Gasteiger partial charge on any atom is -0.395 e. The van der Waals surface area contributed by atoms with Gasteiger partial charge in [-0.1, -0.05) is 52.9 Å². The van der Waals surface area contributed by atoms with Crippen LogP contribution in [-0.4, -0.2) is 30.5 Å². The maximum atomic E-state index is 9.31. The van der Waals surface area contributed by atoms with Crippen LogP contribution in [0.25, 0.3) is 0 Å². The molecule has 0 saturated heterocycles. The lowest BCUT2D eigenvalue weighted by molar-refractivity contribution is -0.00602. The number of nitriles is 1. The molecule has 0 amide bonds. The number of unbranched alkanes of at least 4 members (excludes halogenated alkanes) is 1. The first-order valence-electron chi connectivity index (χ1n) is 8.50. The minimum atomic E-state index is -0.360. The van der Waals surface area contributed by atoms with Crippen LogP contribution in [0.2, 0.25) is 0 Å². The van der Waals surface area contributed by atoms with E-state index >= 15 is 0 Å². The summed E-state index contributed by atoms with van der Waals surface area (Å²) < 4.78 is 5.92. The van der Waals surface area contributed by atoms with Crippen LogP contribution < -0.4 is 5.73 Å². The van der Waals surface area contributed by atoms with E-state index in [1.807, 2.05) is 0 Å². The van der Waals surface area contributed by atoms with E-state index in [0.29, 0.717) is 12.5 Å². The van der Waals surface area contributed by atoms with Crippen LogP contribution in [0, 0.1) is 23.2 Å². The van der Waals surface area contributed by atoms with E-state index in [2.05, 4.69) is 26.8 Å². The van der Waals surface area contributed by atoms with Gasteiger partial charge in [0, 0.05) is 0 Å². The molecule has 4 atom stereocenters. The van der Waals surface area contributed by atoms with Crippen LogP contribution >= 0.6 is 0 Å². The van der Waals surface area contributed by atoms with Crippen molar-refractivity contribution in [3.63, 3.8) is 0 Å². The summed E-state index contributed by atoms with van der Waals surface area (Å²) in [5.74, 6) is 0.512. The van der Waals surface area contributed by atoms with E-state index in [1.165, 1.54) is 0 Å². The smallest absolute Gasteiger partial charge is 0.0751 e. The molecule has 0 spiro atoms. The molecule has 4 unspecified atom stereocenters. The van der Waals surface area contributed by atoms with E-state index in [9.17, 15) is 5.11 Å². The van der Waals surface area contributed by atoms with Crippen LogP contribution in [0.15, 0.2) is 0 Å². The van der Waals surface area contributed by atoms with Gasteiger partial charge in [0.15, 0.2) is 0 Å². The van der Waals surface area contributed by atoms with Gasteiger partial charge in [0.2, 0.25) is 0 Å². The molecule has 21 heavy (non-hydrogen) atoms. The van der Waals surface area contributed by atoms with Crippen LogP contribution in [0.5, 0.6) is 0 Å². The van der Waals surface area contributed by atoms with E-state index in [1.54, 1.807) is 0 Å². The molecule has 0 saturated carbocycles. The number of rotatable bonds is 13. The molecule has 3 N–H and O–H groups in total. The van der Waals surface area contributed by atoms with Crippen molar-refractivity contribution in [1.29, 1.82) is 5.26 Å². The summed E-state index contributed by atoms with van der Waals surface area (Å²) in [6.07, 6.45) is 7.14. The van der Waals surface area contributed by atoms with Crippen LogP contribution in [0.1, 0.15) is 65.7 Å². The Morgan fingerprint density at radius 2 is 1.90 bits per heavy atom. The highest BCUT2D eigenvalue weighted by Crippen LogP contribution is 2.21. The molecule has 4 heteroatoms. The molecule has 4 nitrogen and oxygen atoms in total. The second kappa shape index (κ2) is 13.1. The summed E-state index contributed by atoms with van der Waals surface area (Å²) in [7, 11) is 0. The van der Waals surface area contributed by atoms with Crippen molar-refractivity contribution < 1.29 is 9.84 Å². The van der Waals surface area contributed by atoms with Crippen molar-refractivity contribution >= 4 is 0 Å². The van der Waals surface area contributed by atoms with Gasteiger partial charge in [-0.2, -0.15) is 5.26 Å².